The minimum atomic E-state index is -0.515. The first-order valence-corrected chi connectivity index (χ1v) is 4.11. The van der Waals surface area contributed by atoms with Crippen LogP contribution in [0.15, 0.2) is 0 Å². The van der Waals surface area contributed by atoms with Crippen molar-refractivity contribution in [2.75, 3.05) is 0 Å². The highest BCUT2D eigenvalue weighted by molar-refractivity contribution is 5.62. The van der Waals surface area contributed by atoms with Crippen LogP contribution < -0.4 is 0 Å². The van der Waals surface area contributed by atoms with Crippen LogP contribution in [0.2, 0.25) is 0 Å². The fourth-order valence-electron chi connectivity index (χ4n) is 1.17. The molecule has 1 aliphatic heterocycles. The summed E-state index contributed by atoms with van der Waals surface area (Å²) < 4.78 is 9.72. The Labute approximate surface area is 66.7 Å². The number of hydrogen-bond acceptors (Lipinski definition) is 3. The number of rotatable bonds is 3. The van der Waals surface area contributed by atoms with Crippen molar-refractivity contribution < 1.29 is 14.3 Å². The van der Waals surface area contributed by atoms with Gasteiger partial charge >= 0.3 is 6.16 Å². The van der Waals surface area contributed by atoms with Crippen LogP contribution in [0.1, 0.15) is 33.1 Å². The molecule has 0 spiro atoms. The van der Waals surface area contributed by atoms with Gasteiger partial charge in [0.05, 0.1) is 0 Å². The summed E-state index contributed by atoms with van der Waals surface area (Å²) in [6, 6.07) is 0. The first-order chi connectivity index (χ1) is 5.24. The van der Waals surface area contributed by atoms with E-state index in [-0.39, 0.29) is 12.2 Å². The summed E-state index contributed by atoms with van der Waals surface area (Å²) in [5, 5.41) is 0. The van der Waals surface area contributed by atoms with Crippen LogP contribution in [0.3, 0.4) is 0 Å². The van der Waals surface area contributed by atoms with Gasteiger partial charge in [0, 0.05) is 0 Å². The molecule has 0 aromatic rings. The van der Waals surface area contributed by atoms with Gasteiger partial charge in [-0.25, -0.2) is 4.79 Å². The van der Waals surface area contributed by atoms with E-state index < -0.39 is 6.16 Å². The molecule has 0 N–H and O–H groups in total. The molecule has 0 unspecified atom stereocenters. The van der Waals surface area contributed by atoms with Crippen molar-refractivity contribution in [3.05, 3.63) is 0 Å². The highest BCUT2D eigenvalue weighted by Gasteiger charge is 2.31. The predicted octanol–water partition coefficient (Wildman–Crippen LogP) is 2.10. The molecule has 0 amide bonds. The van der Waals surface area contributed by atoms with Crippen LogP contribution in [0.4, 0.5) is 4.79 Å². The van der Waals surface area contributed by atoms with Crippen LogP contribution in [-0.2, 0) is 9.47 Å². The van der Waals surface area contributed by atoms with Crippen LogP contribution in [0, 0.1) is 0 Å². The van der Waals surface area contributed by atoms with Gasteiger partial charge in [-0.2, -0.15) is 0 Å². The standard InChI is InChI=1S/C8H14O3/c1-3-4-5-7-6(2)10-8(9)11-7/h6-7H,3-5H2,1-2H3/t6-,7-/m1/s1. The van der Waals surface area contributed by atoms with Crippen molar-refractivity contribution in [2.24, 2.45) is 0 Å². The maximum Gasteiger partial charge on any atom is 0.509 e. The predicted molar refractivity (Wildman–Crippen MR) is 40.3 cm³/mol. The normalized spacial score (nSPS) is 29.8. The summed E-state index contributed by atoms with van der Waals surface area (Å²) in [4.78, 5) is 10.6. The maximum atomic E-state index is 10.6. The Morgan fingerprint density at radius 1 is 1.45 bits per heavy atom. The van der Waals surface area contributed by atoms with Gasteiger partial charge in [-0.05, 0) is 19.8 Å². The average molecular weight is 158 g/mol. The number of unbranched alkanes of at least 4 members (excludes halogenated alkanes) is 1. The minimum Gasteiger partial charge on any atom is -0.427 e. The molecule has 3 heteroatoms. The molecule has 0 bridgehead atoms. The molecular weight excluding hydrogens is 144 g/mol. The molecular formula is C8H14O3. The Bertz CT molecular complexity index is 144. The molecule has 1 saturated heterocycles. The molecule has 1 heterocycles. The quantitative estimate of drug-likeness (QED) is 0.590. The second-order valence-corrected chi connectivity index (χ2v) is 2.87. The van der Waals surface area contributed by atoms with E-state index in [1.54, 1.807) is 0 Å². The van der Waals surface area contributed by atoms with Crippen LogP contribution in [0.5, 0.6) is 0 Å². The van der Waals surface area contributed by atoms with Gasteiger partial charge in [-0.1, -0.05) is 13.3 Å². The second kappa shape index (κ2) is 3.60. The summed E-state index contributed by atoms with van der Waals surface area (Å²) >= 11 is 0. The molecule has 0 saturated carbocycles. The van der Waals surface area contributed by atoms with Gasteiger partial charge in [-0.3, -0.25) is 0 Å². The molecule has 0 radical (unpaired) electrons. The minimum absolute atomic E-state index is 0.0116. The number of hydrogen-bond donors (Lipinski definition) is 0. The van der Waals surface area contributed by atoms with Crippen LogP contribution in [0.25, 0.3) is 0 Å². The fraction of sp³-hybridized carbons (Fsp3) is 0.875. The summed E-state index contributed by atoms with van der Waals surface area (Å²) in [5.41, 5.74) is 0. The molecule has 3 nitrogen and oxygen atoms in total. The van der Waals surface area contributed by atoms with Crippen LogP contribution in [-0.4, -0.2) is 18.4 Å². The number of carbonyl (C=O) groups excluding carboxylic acids is 1. The van der Waals surface area contributed by atoms with Crippen molar-refractivity contribution >= 4 is 6.16 Å². The summed E-state index contributed by atoms with van der Waals surface area (Å²) in [5.74, 6) is 0. The third-order valence-corrected chi connectivity index (χ3v) is 1.90. The third kappa shape index (κ3) is 2.10. The van der Waals surface area contributed by atoms with E-state index in [0.717, 1.165) is 19.3 Å². The molecule has 1 rings (SSSR count). The number of cyclic esters (lactones) is 2. The van der Waals surface area contributed by atoms with Gasteiger partial charge < -0.3 is 9.47 Å². The largest absolute Gasteiger partial charge is 0.509 e. The first-order valence-electron chi connectivity index (χ1n) is 4.11. The zero-order valence-electron chi connectivity index (χ0n) is 7.00. The zero-order chi connectivity index (χ0) is 8.27. The second-order valence-electron chi connectivity index (χ2n) is 2.87. The molecule has 11 heavy (non-hydrogen) atoms. The average Bonchev–Trinajstić information content (AvgIpc) is 2.26. The highest BCUT2D eigenvalue weighted by atomic mass is 16.8. The van der Waals surface area contributed by atoms with Crippen molar-refractivity contribution in [3.63, 3.8) is 0 Å². The molecule has 1 aliphatic rings. The lowest BCUT2D eigenvalue weighted by molar-refractivity contribution is 0.115. The van der Waals surface area contributed by atoms with Crippen molar-refractivity contribution in [1.82, 2.24) is 0 Å². The van der Waals surface area contributed by atoms with Crippen molar-refractivity contribution in [3.8, 4) is 0 Å². The summed E-state index contributed by atoms with van der Waals surface area (Å²) in [7, 11) is 0. The highest BCUT2D eigenvalue weighted by Crippen LogP contribution is 2.19. The van der Waals surface area contributed by atoms with E-state index >= 15 is 0 Å². The summed E-state index contributed by atoms with van der Waals surface area (Å²) in [6.45, 7) is 3.98. The summed E-state index contributed by atoms with van der Waals surface area (Å²) in [6.07, 6.45) is 2.55. The van der Waals surface area contributed by atoms with Gasteiger partial charge in [0.15, 0.2) is 0 Å². The Morgan fingerprint density at radius 2 is 2.18 bits per heavy atom. The Kier molecular flexibility index (Phi) is 2.74. The monoisotopic (exact) mass is 158 g/mol. The zero-order valence-corrected chi connectivity index (χ0v) is 7.00. The van der Waals surface area contributed by atoms with Gasteiger partial charge in [0.1, 0.15) is 12.2 Å². The van der Waals surface area contributed by atoms with E-state index in [1.807, 2.05) is 6.92 Å². The maximum absolute atomic E-state index is 10.6. The van der Waals surface area contributed by atoms with E-state index in [9.17, 15) is 4.79 Å². The van der Waals surface area contributed by atoms with E-state index in [2.05, 4.69) is 6.92 Å². The third-order valence-electron chi connectivity index (χ3n) is 1.90. The lowest BCUT2D eigenvalue weighted by Gasteiger charge is -2.08. The Balaban J connectivity index is 2.28. The molecule has 2 atom stereocenters. The van der Waals surface area contributed by atoms with Gasteiger partial charge in [0.2, 0.25) is 0 Å². The lowest BCUT2D eigenvalue weighted by Crippen LogP contribution is -2.18. The molecule has 1 fully saturated rings. The topological polar surface area (TPSA) is 35.5 Å². The van der Waals surface area contributed by atoms with Crippen LogP contribution >= 0.6 is 0 Å². The molecule has 0 aliphatic carbocycles. The molecule has 0 aromatic carbocycles. The van der Waals surface area contributed by atoms with E-state index in [1.165, 1.54) is 0 Å². The smallest absolute Gasteiger partial charge is 0.427 e. The Hall–Kier alpha value is -0.730. The SMILES string of the molecule is CCCC[C@H]1OC(=O)O[C@@H]1C. The number of ether oxygens (including phenoxy) is 2. The lowest BCUT2D eigenvalue weighted by atomic mass is 10.1. The first kappa shape index (κ1) is 8.37. The Morgan fingerprint density at radius 3 is 2.64 bits per heavy atom. The number of carbonyl (C=O) groups is 1. The van der Waals surface area contributed by atoms with Crippen molar-refractivity contribution in [2.45, 2.75) is 45.3 Å². The fourth-order valence-corrected chi connectivity index (χ4v) is 1.17. The van der Waals surface area contributed by atoms with E-state index in [4.69, 9.17) is 9.47 Å². The molecule has 0 aromatic heterocycles. The van der Waals surface area contributed by atoms with Gasteiger partial charge in [0.25, 0.3) is 0 Å². The van der Waals surface area contributed by atoms with E-state index in [0.29, 0.717) is 0 Å². The molecule has 64 valence electrons. The van der Waals surface area contributed by atoms with Crippen molar-refractivity contribution in [1.29, 1.82) is 0 Å². The van der Waals surface area contributed by atoms with Gasteiger partial charge in [-0.15, -0.1) is 0 Å².